The van der Waals surface area contributed by atoms with E-state index in [-0.39, 0.29) is 18.0 Å². The van der Waals surface area contributed by atoms with E-state index in [1.165, 1.54) is 12.2 Å². The number of allylic oxidation sites excluding steroid dienone is 2. The molecule has 0 saturated heterocycles. The number of hydrogen-bond donors (Lipinski definition) is 1. The maximum atomic E-state index is 12.3. The number of nitrogens with one attached hydrogen (secondary N) is 1. The van der Waals surface area contributed by atoms with Gasteiger partial charge in [-0.1, -0.05) is 24.3 Å². The predicted octanol–water partition coefficient (Wildman–Crippen LogP) is 5.41. The van der Waals surface area contributed by atoms with E-state index in [0.717, 1.165) is 22.0 Å². The van der Waals surface area contributed by atoms with Gasteiger partial charge in [0, 0.05) is 46.7 Å². The summed E-state index contributed by atoms with van der Waals surface area (Å²) in [6.07, 6.45) is 11.3. The highest BCUT2D eigenvalue weighted by Crippen LogP contribution is 2.26. The molecule has 0 aliphatic carbocycles. The van der Waals surface area contributed by atoms with Crippen LogP contribution in [0.3, 0.4) is 0 Å². The van der Waals surface area contributed by atoms with Gasteiger partial charge in [-0.3, -0.25) is 14.6 Å². The zero-order chi connectivity index (χ0) is 23.8. The molecule has 4 rings (SSSR count). The van der Waals surface area contributed by atoms with Crippen molar-refractivity contribution in [2.45, 2.75) is 13.0 Å². The summed E-state index contributed by atoms with van der Waals surface area (Å²) >= 11 is 0. The molecule has 34 heavy (non-hydrogen) atoms. The first-order valence-corrected chi connectivity index (χ1v) is 10.8. The number of ether oxygens (including phenoxy) is 2. The first kappa shape index (κ1) is 22.7. The molecule has 2 aromatic carbocycles. The molecule has 0 bridgehead atoms. The molecule has 0 radical (unpaired) electrons. The molecule has 6 heteroatoms. The maximum absolute atomic E-state index is 12.3. The van der Waals surface area contributed by atoms with Crippen LogP contribution in [0.2, 0.25) is 0 Å². The Labute approximate surface area is 197 Å². The van der Waals surface area contributed by atoms with Crippen LogP contribution < -0.4 is 9.47 Å². The zero-order valence-electron chi connectivity index (χ0n) is 18.7. The van der Waals surface area contributed by atoms with Crippen LogP contribution in [-0.2, 0) is 16.2 Å². The molecule has 4 aromatic rings. The summed E-state index contributed by atoms with van der Waals surface area (Å²) < 4.78 is 11.2. The summed E-state index contributed by atoms with van der Waals surface area (Å²) in [6.45, 7) is 0.388. The SMILES string of the molecule is COc1cc(OCc2cccnc2)ccc1/C=C/C(=O)CC(=O)/C=C/c1c[nH]c2ccccc12. The smallest absolute Gasteiger partial charge is 0.163 e. The Morgan fingerprint density at radius 3 is 2.53 bits per heavy atom. The Kier molecular flexibility index (Phi) is 7.30. The fraction of sp³-hybridized carbons (Fsp3) is 0.107. The van der Waals surface area contributed by atoms with E-state index >= 15 is 0 Å². The van der Waals surface area contributed by atoms with Gasteiger partial charge in [-0.15, -0.1) is 0 Å². The molecule has 0 unspecified atom stereocenters. The molecule has 2 heterocycles. The lowest BCUT2D eigenvalue weighted by atomic mass is 10.1. The zero-order valence-corrected chi connectivity index (χ0v) is 18.7. The topological polar surface area (TPSA) is 81.3 Å². The van der Waals surface area contributed by atoms with E-state index in [1.54, 1.807) is 49.9 Å². The Morgan fingerprint density at radius 1 is 0.971 bits per heavy atom. The third kappa shape index (κ3) is 5.86. The number of para-hydroxylation sites is 1. The van der Waals surface area contributed by atoms with Gasteiger partial charge in [0.05, 0.1) is 13.5 Å². The molecular formula is C28H24N2O4. The number of aromatic amines is 1. The first-order valence-electron chi connectivity index (χ1n) is 10.8. The molecule has 6 nitrogen and oxygen atoms in total. The molecule has 0 aliphatic rings. The lowest BCUT2D eigenvalue weighted by Crippen LogP contribution is -2.02. The molecule has 0 amide bonds. The summed E-state index contributed by atoms with van der Waals surface area (Å²) in [5, 5.41) is 1.03. The lowest BCUT2D eigenvalue weighted by Gasteiger charge is -2.10. The maximum Gasteiger partial charge on any atom is 0.163 e. The first-order chi connectivity index (χ1) is 16.6. The van der Waals surface area contributed by atoms with Gasteiger partial charge in [0.1, 0.15) is 18.1 Å². The van der Waals surface area contributed by atoms with Crippen LogP contribution in [0.4, 0.5) is 0 Å². The fourth-order valence-corrected chi connectivity index (χ4v) is 3.46. The number of ketones is 2. The molecule has 0 spiro atoms. The second-order valence-electron chi connectivity index (χ2n) is 7.62. The summed E-state index contributed by atoms with van der Waals surface area (Å²) in [4.78, 5) is 31.8. The third-order valence-corrected chi connectivity index (χ3v) is 5.20. The van der Waals surface area contributed by atoms with E-state index in [2.05, 4.69) is 9.97 Å². The highest BCUT2D eigenvalue weighted by Gasteiger charge is 2.07. The van der Waals surface area contributed by atoms with Gasteiger partial charge in [-0.05, 0) is 54.1 Å². The number of hydrogen-bond acceptors (Lipinski definition) is 5. The predicted molar refractivity (Wildman–Crippen MR) is 133 cm³/mol. The summed E-state index contributed by atoms with van der Waals surface area (Å²) in [6, 6.07) is 17.0. The van der Waals surface area contributed by atoms with Crippen LogP contribution in [-0.4, -0.2) is 28.6 Å². The van der Waals surface area contributed by atoms with E-state index in [0.29, 0.717) is 23.7 Å². The Morgan fingerprint density at radius 2 is 1.76 bits per heavy atom. The van der Waals surface area contributed by atoms with Gasteiger partial charge in [0.15, 0.2) is 11.6 Å². The molecule has 1 N–H and O–H groups in total. The normalized spacial score (nSPS) is 11.3. The van der Waals surface area contributed by atoms with Crippen LogP contribution in [0.25, 0.3) is 23.1 Å². The molecule has 0 aliphatic heterocycles. The molecule has 0 fully saturated rings. The van der Waals surface area contributed by atoms with Gasteiger partial charge >= 0.3 is 0 Å². The van der Waals surface area contributed by atoms with Crippen molar-refractivity contribution in [2.75, 3.05) is 7.11 Å². The minimum Gasteiger partial charge on any atom is -0.496 e. The van der Waals surface area contributed by atoms with Gasteiger partial charge < -0.3 is 14.5 Å². The number of rotatable bonds is 10. The fourth-order valence-electron chi connectivity index (χ4n) is 3.46. The second kappa shape index (κ2) is 10.9. The number of methoxy groups -OCH3 is 1. The van der Waals surface area contributed by atoms with Crippen molar-refractivity contribution in [1.29, 1.82) is 0 Å². The molecule has 0 atom stereocenters. The van der Waals surface area contributed by atoms with Crippen molar-refractivity contribution in [3.63, 3.8) is 0 Å². The van der Waals surface area contributed by atoms with Crippen molar-refractivity contribution in [3.8, 4) is 11.5 Å². The van der Waals surface area contributed by atoms with Crippen molar-refractivity contribution in [3.05, 3.63) is 102 Å². The number of fused-ring (bicyclic) bond motifs is 1. The number of carbonyl (C=O) groups is 2. The Bertz CT molecular complexity index is 1350. The molecule has 170 valence electrons. The minimum absolute atomic E-state index is 0.204. The number of aromatic nitrogens is 2. The van der Waals surface area contributed by atoms with Gasteiger partial charge in [0.25, 0.3) is 0 Å². The van der Waals surface area contributed by atoms with Crippen molar-refractivity contribution >= 4 is 34.6 Å². The van der Waals surface area contributed by atoms with Crippen LogP contribution in [0, 0.1) is 0 Å². The van der Waals surface area contributed by atoms with Crippen molar-refractivity contribution in [1.82, 2.24) is 9.97 Å². The number of benzene rings is 2. The van der Waals surface area contributed by atoms with Crippen LogP contribution >= 0.6 is 0 Å². The minimum atomic E-state index is -0.285. The number of pyridine rings is 1. The highest BCUT2D eigenvalue weighted by atomic mass is 16.5. The third-order valence-electron chi connectivity index (χ3n) is 5.20. The van der Waals surface area contributed by atoms with E-state index in [9.17, 15) is 9.59 Å². The van der Waals surface area contributed by atoms with Gasteiger partial charge in [-0.2, -0.15) is 0 Å². The van der Waals surface area contributed by atoms with Crippen molar-refractivity contribution in [2.24, 2.45) is 0 Å². The summed E-state index contributed by atoms with van der Waals surface area (Å²) in [5.74, 6) is 0.665. The van der Waals surface area contributed by atoms with E-state index < -0.39 is 0 Å². The van der Waals surface area contributed by atoms with Gasteiger partial charge in [0.2, 0.25) is 0 Å². The number of carbonyl (C=O) groups excluding carboxylic acids is 2. The monoisotopic (exact) mass is 452 g/mol. The van der Waals surface area contributed by atoms with E-state index in [4.69, 9.17) is 9.47 Å². The summed E-state index contributed by atoms with van der Waals surface area (Å²) in [7, 11) is 1.55. The number of H-pyrrole nitrogens is 1. The Balaban J connectivity index is 1.34. The number of nitrogens with zero attached hydrogens (tertiary/aromatic N) is 1. The Hall–Kier alpha value is -4.45. The lowest BCUT2D eigenvalue weighted by molar-refractivity contribution is -0.121. The highest BCUT2D eigenvalue weighted by molar-refractivity contribution is 6.11. The molecular weight excluding hydrogens is 428 g/mol. The van der Waals surface area contributed by atoms with Crippen LogP contribution in [0.15, 0.2) is 85.3 Å². The summed E-state index contributed by atoms with van der Waals surface area (Å²) in [5.41, 5.74) is 3.57. The van der Waals surface area contributed by atoms with Crippen LogP contribution in [0.5, 0.6) is 11.5 Å². The quantitative estimate of drug-likeness (QED) is 0.257. The largest absolute Gasteiger partial charge is 0.496 e. The standard InChI is InChI=1S/C28H24N2O4/c1-33-28-16-25(34-19-20-5-4-14-29-17-20)13-10-21(28)8-11-23(31)15-24(32)12-9-22-18-30-27-7-3-2-6-26(22)27/h2-14,16-18,30H,15,19H2,1H3/b11-8+,12-9+. The van der Waals surface area contributed by atoms with E-state index in [1.807, 2.05) is 42.6 Å². The average Bonchev–Trinajstić information content (AvgIpc) is 3.29. The van der Waals surface area contributed by atoms with Crippen molar-refractivity contribution < 1.29 is 19.1 Å². The second-order valence-corrected chi connectivity index (χ2v) is 7.62. The van der Waals surface area contributed by atoms with Gasteiger partial charge in [-0.25, -0.2) is 0 Å². The average molecular weight is 453 g/mol. The van der Waals surface area contributed by atoms with Crippen LogP contribution in [0.1, 0.15) is 23.1 Å². The molecule has 0 saturated carbocycles. The molecule has 2 aromatic heterocycles.